The van der Waals surface area contributed by atoms with Crippen LogP contribution < -0.4 is 5.73 Å². The largest absolute Gasteiger partial charge is 0.373 e. The second-order valence-electron chi connectivity index (χ2n) is 3.45. The van der Waals surface area contributed by atoms with Crippen molar-refractivity contribution in [2.75, 3.05) is 6.61 Å². The van der Waals surface area contributed by atoms with Crippen LogP contribution in [0.4, 0.5) is 0 Å². The summed E-state index contributed by atoms with van der Waals surface area (Å²) < 4.78 is 5.39. The standard InChI is InChI=1S/C6H11NO/c1-5-2-6(7,3-5)4-8-5/h2-4,7H2,1H3. The molecule has 0 aromatic carbocycles. The molecule has 2 N–H and O–H groups in total. The van der Waals surface area contributed by atoms with E-state index in [2.05, 4.69) is 6.92 Å². The summed E-state index contributed by atoms with van der Waals surface area (Å²) in [6.07, 6.45) is 2.14. The van der Waals surface area contributed by atoms with Gasteiger partial charge in [-0.1, -0.05) is 0 Å². The van der Waals surface area contributed by atoms with Crippen LogP contribution >= 0.6 is 0 Å². The van der Waals surface area contributed by atoms with Crippen molar-refractivity contribution >= 4 is 0 Å². The van der Waals surface area contributed by atoms with Crippen LogP contribution in [0.3, 0.4) is 0 Å². The van der Waals surface area contributed by atoms with Gasteiger partial charge in [-0.25, -0.2) is 0 Å². The molecule has 8 heavy (non-hydrogen) atoms. The Labute approximate surface area is 49.0 Å². The maximum Gasteiger partial charge on any atom is 0.0692 e. The summed E-state index contributed by atoms with van der Waals surface area (Å²) >= 11 is 0. The fraction of sp³-hybridized carbons (Fsp3) is 1.00. The van der Waals surface area contributed by atoms with E-state index < -0.39 is 0 Å². The topological polar surface area (TPSA) is 35.2 Å². The molecule has 0 amide bonds. The lowest BCUT2D eigenvalue weighted by molar-refractivity contribution is 0.0169. The fourth-order valence-electron chi connectivity index (χ4n) is 1.96. The first kappa shape index (κ1) is 4.77. The number of hydrogen-bond acceptors (Lipinski definition) is 2. The molecule has 0 atom stereocenters. The zero-order valence-electron chi connectivity index (χ0n) is 5.11. The molecule has 3 fully saturated rings. The minimum atomic E-state index is 0.0781. The summed E-state index contributed by atoms with van der Waals surface area (Å²) in [4.78, 5) is 0. The average molecular weight is 113 g/mol. The van der Waals surface area contributed by atoms with Crippen molar-refractivity contribution in [1.29, 1.82) is 0 Å². The Morgan fingerprint density at radius 1 is 1.50 bits per heavy atom. The van der Waals surface area contributed by atoms with Crippen LogP contribution in [0, 0.1) is 0 Å². The Morgan fingerprint density at radius 2 is 2.12 bits per heavy atom. The molecule has 2 nitrogen and oxygen atoms in total. The highest BCUT2D eigenvalue weighted by atomic mass is 16.5. The molecular formula is C6H11NO. The third-order valence-corrected chi connectivity index (χ3v) is 2.16. The summed E-state index contributed by atoms with van der Waals surface area (Å²) in [5.41, 5.74) is 6.06. The van der Waals surface area contributed by atoms with Gasteiger partial charge < -0.3 is 10.5 Å². The molecule has 0 aromatic rings. The normalized spacial score (nSPS) is 60.8. The molecule has 1 aliphatic carbocycles. The maximum absolute atomic E-state index is 5.80. The molecule has 2 bridgehead atoms. The Bertz CT molecular complexity index is 112. The van der Waals surface area contributed by atoms with Gasteiger partial charge in [0.2, 0.25) is 0 Å². The van der Waals surface area contributed by atoms with E-state index in [-0.39, 0.29) is 11.1 Å². The lowest BCUT2D eigenvalue weighted by Crippen LogP contribution is -2.53. The van der Waals surface area contributed by atoms with E-state index >= 15 is 0 Å². The smallest absolute Gasteiger partial charge is 0.0692 e. The Morgan fingerprint density at radius 3 is 2.25 bits per heavy atom. The van der Waals surface area contributed by atoms with Crippen LogP contribution in [0.25, 0.3) is 0 Å². The third-order valence-electron chi connectivity index (χ3n) is 2.16. The summed E-state index contributed by atoms with van der Waals surface area (Å²) in [5.74, 6) is 0. The molecule has 2 heteroatoms. The van der Waals surface area contributed by atoms with E-state index in [0.717, 1.165) is 19.4 Å². The van der Waals surface area contributed by atoms with E-state index in [0.29, 0.717) is 0 Å². The van der Waals surface area contributed by atoms with Crippen LogP contribution in [-0.2, 0) is 4.74 Å². The van der Waals surface area contributed by atoms with Gasteiger partial charge in [0.15, 0.2) is 0 Å². The van der Waals surface area contributed by atoms with Gasteiger partial charge in [0.1, 0.15) is 0 Å². The van der Waals surface area contributed by atoms with E-state index in [9.17, 15) is 0 Å². The van der Waals surface area contributed by atoms with Crippen molar-refractivity contribution in [2.24, 2.45) is 5.73 Å². The van der Waals surface area contributed by atoms with E-state index in [1.165, 1.54) is 0 Å². The van der Waals surface area contributed by atoms with Crippen molar-refractivity contribution in [1.82, 2.24) is 0 Å². The number of rotatable bonds is 0. The molecule has 3 rings (SSSR count). The molecule has 0 radical (unpaired) electrons. The quantitative estimate of drug-likeness (QED) is 0.489. The predicted molar refractivity (Wildman–Crippen MR) is 30.5 cm³/mol. The highest BCUT2D eigenvalue weighted by Gasteiger charge is 2.57. The van der Waals surface area contributed by atoms with Gasteiger partial charge in [-0.15, -0.1) is 0 Å². The number of nitrogens with two attached hydrogens (primary N) is 1. The Kier molecular flexibility index (Phi) is 0.570. The summed E-state index contributed by atoms with van der Waals surface area (Å²) in [7, 11) is 0. The van der Waals surface area contributed by atoms with Crippen LogP contribution in [0.15, 0.2) is 0 Å². The number of hydrogen-bond donors (Lipinski definition) is 1. The summed E-state index contributed by atoms with van der Waals surface area (Å²) in [6.45, 7) is 2.91. The van der Waals surface area contributed by atoms with Gasteiger partial charge in [0, 0.05) is 5.54 Å². The van der Waals surface area contributed by atoms with Gasteiger partial charge in [-0.3, -0.25) is 0 Å². The Hall–Kier alpha value is -0.0800. The number of fused-ring (bicyclic) bond motifs is 1. The molecular weight excluding hydrogens is 102 g/mol. The van der Waals surface area contributed by atoms with E-state index in [1.807, 2.05) is 0 Å². The first-order valence-electron chi connectivity index (χ1n) is 3.05. The second kappa shape index (κ2) is 0.957. The van der Waals surface area contributed by atoms with E-state index in [4.69, 9.17) is 10.5 Å². The highest BCUT2D eigenvalue weighted by molar-refractivity contribution is 5.12. The highest BCUT2D eigenvalue weighted by Crippen LogP contribution is 2.49. The molecule has 2 heterocycles. The molecule has 0 spiro atoms. The SMILES string of the molecule is CC12CC(N)(CO1)C2. The van der Waals surface area contributed by atoms with Gasteiger partial charge in [-0.05, 0) is 19.8 Å². The zero-order valence-corrected chi connectivity index (χ0v) is 5.11. The van der Waals surface area contributed by atoms with E-state index in [1.54, 1.807) is 0 Å². The van der Waals surface area contributed by atoms with Crippen molar-refractivity contribution < 1.29 is 4.74 Å². The van der Waals surface area contributed by atoms with Crippen molar-refractivity contribution in [3.05, 3.63) is 0 Å². The van der Waals surface area contributed by atoms with Gasteiger partial charge in [0.25, 0.3) is 0 Å². The summed E-state index contributed by atoms with van der Waals surface area (Å²) in [5, 5.41) is 0. The minimum Gasteiger partial charge on any atom is -0.373 e. The number of ether oxygens (including phenoxy) is 1. The lowest BCUT2D eigenvalue weighted by Gasteiger charge is -2.39. The van der Waals surface area contributed by atoms with Gasteiger partial charge in [0.05, 0.1) is 12.2 Å². The van der Waals surface area contributed by atoms with Crippen molar-refractivity contribution in [3.63, 3.8) is 0 Å². The van der Waals surface area contributed by atoms with Crippen molar-refractivity contribution in [3.8, 4) is 0 Å². The molecule has 3 aliphatic rings. The van der Waals surface area contributed by atoms with Crippen LogP contribution in [0.2, 0.25) is 0 Å². The molecule has 1 saturated carbocycles. The Balaban J connectivity index is 2.22. The molecule has 2 saturated heterocycles. The zero-order chi connectivity index (χ0) is 5.83. The lowest BCUT2D eigenvalue weighted by atomic mass is 9.70. The van der Waals surface area contributed by atoms with Crippen LogP contribution in [0.1, 0.15) is 19.8 Å². The van der Waals surface area contributed by atoms with Crippen LogP contribution in [-0.4, -0.2) is 17.7 Å². The monoisotopic (exact) mass is 113 g/mol. The average Bonchev–Trinajstić information content (AvgIpc) is 1.88. The molecule has 0 aromatic heterocycles. The third kappa shape index (κ3) is 0.400. The van der Waals surface area contributed by atoms with Crippen molar-refractivity contribution in [2.45, 2.75) is 30.9 Å². The molecule has 0 unspecified atom stereocenters. The van der Waals surface area contributed by atoms with Gasteiger partial charge in [-0.2, -0.15) is 0 Å². The minimum absolute atomic E-state index is 0.0781. The van der Waals surface area contributed by atoms with Gasteiger partial charge >= 0.3 is 0 Å². The first-order chi connectivity index (χ1) is 3.62. The predicted octanol–water partition coefficient (Wildman–Crippen LogP) is 0.267. The molecule has 46 valence electrons. The second-order valence-corrected chi connectivity index (χ2v) is 3.45. The van der Waals surface area contributed by atoms with Crippen LogP contribution in [0.5, 0.6) is 0 Å². The fourth-order valence-corrected chi connectivity index (χ4v) is 1.96. The molecule has 2 aliphatic heterocycles. The first-order valence-corrected chi connectivity index (χ1v) is 3.05. The summed E-state index contributed by atoms with van der Waals surface area (Å²) in [6, 6.07) is 0. The maximum atomic E-state index is 5.80.